The predicted octanol–water partition coefficient (Wildman–Crippen LogP) is 2.73. The van der Waals surface area contributed by atoms with Crippen LogP contribution in [0.2, 0.25) is 0 Å². The van der Waals surface area contributed by atoms with Crippen molar-refractivity contribution < 1.29 is 9.15 Å². The molecule has 0 aliphatic carbocycles. The number of nitrogens with zero attached hydrogens (tertiary/aromatic N) is 1. The maximum absolute atomic E-state index is 5.10. The summed E-state index contributed by atoms with van der Waals surface area (Å²) in [5.74, 6) is 1.53. The van der Waals surface area contributed by atoms with E-state index in [9.17, 15) is 0 Å². The molecule has 1 heterocycles. The van der Waals surface area contributed by atoms with Gasteiger partial charge < -0.3 is 9.15 Å². The second kappa shape index (κ2) is 5.02. The van der Waals surface area contributed by atoms with Crippen LogP contribution in [-0.4, -0.2) is 13.3 Å². The van der Waals surface area contributed by atoms with Gasteiger partial charge in [0.2, 0.25) is 0 Å². The summed E-state index contributed by atoms with van der Waals surface area (Å²) in [6.07, 6.45) is 3.22. The minimum Gasteiger partial charge on any atom is -0.497 e. The molecule has 4 heteroatoms. The van der Waals surface area contributed by atoms with Crippen LogP contribution in [0.15, 0.2) is 52.2 Å². The number of ether oxygens (including phenoxy) is 1. The molecular formula is C12H12N2O2. The SMILES string of the molecule is COc1ccc(N/N=C/c2ccco2)cc1. The Morgan fingerprint density at radius 3 is 2.69 bits per heavy atom. The van der Waals surface area contributed by atoms with E-state index in [0.717, 1.165) is 11.4 Å². The Balaban J connectivity index is 1.94. The van der Waals surface area contributed by atoms with Crippen LogP contribution in [0.5, 0.6) is 5.75 Å². The Morgan fingerprint density at radius 2 is 2.06 bits per heavy atom. The Labute approximate surface area is 93.5 Å². The second-order valence-electron chi connectivity index (χ2n) is 3.11. The molecule has 0 aliphatic rings. The Kier molecular flexibility index (Phi) is 3.23. The average Bonchev–Trinajstić information content (AvgIpc) is 2.83. The van der Waals surface area contributed by atoms with Crippen molar-refractivity contribution in [3.63, 3.8) is 0 Å². The fourth-order valence-corrected chi connectivity index (χ4v) is 1.20. The second-order valence-corrected chi connectivity index (χ2v) is 3.11. The number of hydrogen-bond acceptors (Lipinski definition) is 4. The van der Waals surface area contributed by atoms with E-state index in [2.05, 4.69) is 10.5 Å². The van der Waals surface area contributed by atoms with Gasteiger partial charge in [-0.3, -0.25) is 5.43 Å². The van der Waals surface area contributed by atoms with E-state index in [-0.39, 0.29) is 0 Å². The first kappa shape index (κ1) is 10.3. The molecule has 0 radical (unpaired) electrons. The molecule has 1 aromatic carbocycles. The highest BCUT2D eigenvalue weighted by Crippen LogP contribution is 2.14. The molecule has 0 unspecified atom stereocenters. The molecule has 0 amide bonds. The zero-order valence-corrected chi connectivity index (χ0v) is 8.88. The lowest BCUT2D eigenvalue weighted by molar-refractivity contribution is 0.415. The van der Waals surface area contributed by atoms with Gasteiger partial charge in [-0.15, -0.1) is 0 Å². The highest BCUT2D eigenvalue weighted by atomic mass is 16.5. The van der Waals surface area contributed by atoms with Crippen molar-refractivity contribution in [2.24, 2.45) is 5.10 Å². The smallest absolute Gasteiger partial charge is 0.146 e. The van der Waals surface area contributed by atoms with Crippen LogP contribution in [0, 0.1) is 0 Å². The van der Waals surface area contributed by atoms with Crippen LogP contribution in [0.4, 0.5) is 5.69 Å². The van der Waals surface area contributed by atoms with Crippen LogP contribution in [0.3, 0.4) is 0 Å². The van der Waals surface area contributed by atoms with Crippen molar-refractivity contribution in [1.82, 2.24) is 0 Å². The summed E-state index contributed by atoms with van der Waals surface area (Å²) in [7, 11) is 1.64. The molecule has 0 fully saturated rings. The van der Waals surface area contributed by atoms with Crippen molar-refractivity contribution in [3.8, 4) is 5.75 Å². The van der Waals surface area contributed by atoms with E-state index in [1.54, 1.807) is 19.6 Å². The normalized spacial score (nSPS) is 10.6. The average molecular weight is 216 g/mol. The summed E-state index contributed by atoms with van der Waals surface area (Å²) in [4.78, 5) is 0. The van der Waals surface area contributed by atoms with E-state index in [4.69, 9.17) is 9.15 Å². The molecule has 82 valence electrons. The topological polar surface area (TPSA) is 46.8 Å². The Bertz CT molecular complexity index is 446. The van der Waals surface area contributed by atoms with Crippen molar-refractivity contribution in [2.45, 2.75) is 0 Å². The van der Waals surface area contributed by atoms with Crippen LogP contribution in [0.25, 0.3) is 0 Å². The highest BCUT2D eigenvalue weighted by molar-refractivity contribution is 5.76. The van der Waals surface area contributed by atoms with E-state index in [1.807, 2.05) is 36.4 Å². The summed E-state index contributed by atoms with van der Waals surface area (Å²) in [5.41, 5.74) is 3.78. The quantitative estimate of drug-likeness (QED) is 0.631. The third kappa shape index (κ3) is 2.63. The number of rotatable bonds is 4. The molecule has 0 saturated heterocycles. The highest BCUT2D eigenvalue weighted by Gasteiger charge is 1.92. The van der Waals surface area contributed by atoms with Crippen molar-refractivity contribution in [1.29, 1.82) is 0 Å². The van der Waals surface area contributed by atoms with Crippen LogP contribution in [-0.2, 0) is 0 Å². The zero-order valence-electron chi connectivity index (χ0n) is 8.88. The van der Waals surface area contributed by atoms with Gasteiger partial charge in [-0.25, -0.2) is 0 Å². The molecule has 0 aliphatic heterocycles. The van der Waals surface area contributed by atoms with Gasteiger partial charge in [0.15, 0.2) is 0 Å². The molecule has 1 aromatic heterocycles. The molecule has 0 atom stereocenters. The molecule has 4 nitrogen and oxygen atoms in total. The van der Waals surface area contributed by atoms with E-state index >= 15 is 0 Å². The third-order valence-corrected chi connectivity index (χ3v) is 2.02. The lowest BCUT2D eigenvalue weighted by atomic mass is 10.3. The van der Waals surface area contributed by atoms with Crippen molar-refractivity contribution in [3.05, 3.63) is 48.4 Å². The minimum atomic E-state index is 0.709. The summed E-state index contributed by atoms with van der Waals surface area (Å²) < 4.78 is 10.1. The number of benzene rings is 1. The van der Waals surface area contributed by atoms with Crippen molar-refractivity contribution >= 4 is 11.9 Å². The molecule has 0 bridgehead atoms. The summed E-state index contributed by atoms with van der Waals surface area (Å²) >= 11 is 0. The van der Waals surface area contributed by atoms with E-state index in [0.29, 0.717) is 5.76 Å². The third-order valence-electron chi connectivity index (χ3n) is 2.02. The van der Waals surface area contributed by atoms with Gasteiger partial charge in [-0.1, -0.05) is 0 Å². The van der Waals surface area contributed by atoms with Gasteiger partial charge in [-0.2, -0.15) is 5.10 Å². The Hall–Kier alpha value is -2.23. The maximum Gasteiger partial charge on any atom is 0.146 e. The van der Waals surface area contributed by atoms with Crippen molar-refractivity contribution in [2.75, 3.05) is 12.5 Å². The van der Waals surface area contributed by atoms with Gasteiger partial charge in [0.1, 0.15) is 11.5 Å². The number of nitrogens with one attached hydrogen (secondary N) is 1. The Morgan fingerprint density at radius 1 is 1.25 bits per heavy atom. The predicted molar refractivity (Wildman–Crippen MR) is 62.9 cm³/mol. The largest absolute Gasteiger partial charge is 0.497 e. The molecule has 0 spiro atoms. The first-order valence-corrected chi connectivity index (χ1v) is 4.85. The van der Waals surface area contributed by atoms with Gasteiger partial charge in [0.25, 0.3) is 0 Å². The van der Waals surface area contributed by atoms with E-state index in [1.165, 1.54) is 0 Å². The maximum atomic E-state index is 5.10. The molecular weight excluding hydrogens is 204 g/mol. The molecule has 1 N–H and O–H groups in total. The number of furan rings is 1. The van der Waals surface area contributed by atoms with Gasteiger partial charge in [0, 0.05) is 0 Å². The fraction of sp³-hybridized carbons (Fsp3) is 0.0833. The number of hydrazone groups is 1. The summed E-state index contributed by atoms with van der Waals surface area (Å²) in [5, 5.41) is 4.03. The minimum absolute atomic E-state index is 0.709. The summed E-state index contributed by atoms with van der Waals surface area (Å²) in [6, 6.07) is 11.2. The van der Waals surface area contributed by atoms with E-state index < -0.39 is 0 Å². The van der Waals surface area contributed by atoms with Gasteiger partial charge in [-0.05, 0) is 36.4 Å². The molecule has 2 aromatic rings. The van der Waals surface area contributed by atoms with Crippen LogP contribution < -0.4 is 10.2 Å². The van der Waals surface area contributed by atoms with Crippen LogP contribution >= 0.6 is 0 Å². The first-order chi connectivity index (χ1) is 7.88. The molecule has 16 heavy (non-hydrogen) atoms. The van der Waals surface area contributed by atoms with Crippen LogP contribution in [0.1, 0.15) is 5.76 Å². The zero-order chi connectivity index (χ0) is 11.2. The fourth-order valence-electron chi connectivity index (χ4n) is 1.20. The number of hydrogen-bond donors (Lipinski definition) is 1. The monoisotopic (exact) mass is 216 g/mol. The van der Waals surface area contributed by atoms with Gasteiger partial charge >= 0.3 is 0 Å². The number of methoxy groups -OCH3 is 1. The lowest BCUT2D eigenvalue weighted by Crippen LogP contribution is -1.90. The molecule has 0 saturated carbocycles. The first-order valence-electron chi connectivity index (χ1n) is 4.85. The molecule has 2 rings (SSSR count). The van der Waals surface area contributed by atoms with Gasteiger partial charge in [0.05, 0.1) is 25.3 Å². The lowest BCUT2D eigenvalue weighted by Gasteiger charge is -2.01. The standard InChI is InChI=1S/C12H12N2O2/c1-15-11-6-4-10(5-7-11)14-13-9-12-3-2-8-16-12/h2-9,14H,1H3/b13-9+. The number of anilines is 1. The summed E-state index contributed by atoms with van der Waals surface area (Å²) in [6.45, 7) is 0.